The van der Waals surface area contributed by atoms with E-state index >= 15 is 0 Å². The Labute approximate surface area is 164 Å². The molecular formula is C21H25ClN2O3. The predicted octanol–water partition coefficient (Wildman–Crippen LogP) is 3.59. The Kier molecular flexibility index (Phi) is 6.02. The van der Waals surface area contributed by atoms with Crippen molar-refractivity contribution < 1.29 is 14.7 Å². The second-order valence-corrected chi connectivity index (χ2v) is 7.73. The van der Waals surface area contributed by atoms with Crippen molar-refractivity contribution in [1.29, 1.82) is 0 Å². The second kappa shape index (κ2) is 8.28. The Morgan fingerprint density at radius 3 is 2.56 bits per heavy atom. The quantitative estimate of drug-likeness (QED) is 0.736. The third-order valence-corrected chi connectivity index (χ3v) is 5.65. The lowest BCUT2D eigenvalue weighted by Gasteiger charge is -2.14. The molecule has 3 rings (SSSR count). The number of nitrogens with zero attached hydrogens (tertiary/aromatic N) is 2. The molecule has 1 aliphatic rings. The third-order valence-electron chi connectivity index (χ3n) is 5.40. The van der Waals surface area contributed by atoms with Crippen molar-refractivity contribution >= 4 is 23.4 Å². The van der Waals surface area contributed by atoms with Crippen molar-refractivity contribution in [2.24, 2.45) is 5.92 Å². The summed E-state index contributed by atoms with van der Waals surface area (Å²) in [5, 5.41) is 9.84. The summed E-state index contributed by atoms with van der Waals surface area (Å²) in [6.07, 6.45) is 1.48. The van der Waals surface area contributed by atoms with Gasteiger partial charge in [0.15, 0.2) is 5.78 Å². The molecule has 1 unspecified atom stereocenters. The number of halogens is 1. The van der Waals surface area contributed by atoms with Gasteiger partial charge in [-0.05, 0) is 57.0 Å². The van der Waals surface area contributed by atoms with Crippen LogP contribution in [-0.2, 0) is 17.8 Å². The lowest BCUT2D eigenvalue weighted by atomic mass is 10.1. The van der Waals surface area contributed by atoms with E-state index in [0.29, 0.717) is 19.5 Å². The molecule has 1 atom stereocenters. The van der Waals surface area contributed by atoms with Crippen LogP contribution in [0.25, 0.3) is 0 Å². The molecule has 0 amide bonds. The van der Waals surface area contributed by atoms with Crippen LogP contribution in [0.15, 0.2) is 30.3 Å². The fourth-order valence-corrected chi connectivity index (χ4v) is 3.91. The van der Waals surface area contributed by atoms with Crippen molar-refractivity contribution in [1.82, 2.24) is 9.47 Å². The zero-order valence-corrected chi connectivity index (χ0v) is 16.5. The second-order valence-electron chi connectivity index (χ2n) is 7.30. The average molecular weight is 389 g/mol. The fourth-order valence-electron chi connectivity index (χ4n) is 3.79. The first-order chi connectivity index (χ1) is 12.8. The van der Waals surface area contributed by atoms with E-state index < -0.39 is 5.97 Å². The molecule has 0 radical (unpaired) electrons. The molecule has 1 aromatic heterocycles. The molecule has 1 saturated heterocycles. The largest absolute Gasteiger partial charge is 0.481 e. The summed E-state index contributed by atoms with van der Waals surface area (Å²) in [4.78, 5) is 25.8. The van der Waals surface area contributed by atoms with Crippen molar-refractivity contribution in [2.75, 3.05) is 19.6 Å². The summed E-state index contributed by atoms with van der Waals surface area (Å²) in [5.74, 6) is -1.07. The highest BCUT2D eigenvalue weighted by Crippen LogP contribution is 2.20. The number of rotatable bonds is 7. The van der Waals surface area contributed by atoms with Crippen LogP contribution in [0.1, 0.15) is 33.7 Å². The normalized spacial score (nSPS) is 17.4. The molecule has 0 aliphatic carbocycles. The van der Waals surface area contributed by atoms with Gasteiger partial charge in [-0.15, -0.1) is 0 Å². The third kappa shape index (κ3) is 4.60. The Balaban J connectivity index is 1.65. The van der Waals surface area contributed by atoms with Crippen molar-refractivity contribution in [2.45, 2.75) is 33.2 Å². The van der Waals surface area contributed by atoms with Crippen LogP contribution < -0.4 is 0 Å². The Hall–Kier alpha value is -2.11. The molecule has 6 heteroatoms. The van der Waals surface area contributed by atoms with E-state index in [0.717, 1.165) is 34.9 Å². The number of aliphatic carboxylic acids is 1. The van der Waals surface area contributed by atoms with Gasteiger partial charge in [-0.3, -0.25) is 14.5 Å². The zero-order chi connectivity index (χ0) is 19.6. The predicted molar refractivity (Wildman–Crippen MR) is 106 cm³/mol. The smallest absolute Gasteiger partial charge is 0.307 e. The molecule has 2 aromatic rings. The van der Waals surface area contributed by atoms with Crippen LogP contribution in [-0.4, -0.2) is 46.0 Å². The van der Waals surface area contributed by atoms with Gasteiger partial charge in [0, 0.05) is 35.1 Å². The lowest BCUT2D eigenvalue weighted by Crippen LogP contribution is -2.29. The summed E-state index contributed by atoms with van der Waals surface area (Å²) < 4.78 is 2.17. The zero-order valence-electron chi connectivity index (χ0n) is 15.7. The first-order valence-corrected chi connectivity index (χ1v) is 9.62. The van der Waals surface area contributed by atoms with E-state index in [1.165, 1.54) is 5.56 Å². The number of aromatic nitrogens is 1. The van der Waals surface area contributed by atoms with Gasteiger partial charge in [0.1, 0.15) is 0 Å². The van der Waals surface area contributed by atoms with Crippen LogP contribution >= 0.6 is 11.6 Å². The summed E-state index contributed by atoms with van der Waals surface area (Å²) in [6.45, 7) is 6.20. The molecule has 1 fully saturated rings. The Bertz CT molecular complexity index is 842. The van der Waals surface area contributed by atoms with Crippen molar-refractivity contribution in [3.8, 4) is 0 Å². The molecule has 0 saturated carbocycles. The minimum atomic E-state index is -0.773. The molecule has 0 bridgehead atoms. The molecular weight excluding hydrogens is 364 g/mol. The maximum absolute atomic E-state index is 12.8. The van der Waals surface area contributed by atoms with Crippen LogP contribution in [0.5, 0.6) is 0 Å². The van der Waals surface area contributed by atoms with Gasteiger partial charge in [-0.2, -0.15) is 0 Å². The van der Waals surface area contributed by atoms with Gasteiger partial charge in [0.05, 0.1) is 12.5 Å². The number of ketones is 1. The number of Topliss-reactive ketones (excluding diaryl/α,β-unsaturated/α-hetero) is 1. The highest BCUT2D eigenvalue weighted by molar-refractivity contribution is 6.30. The van der Waals surface area contributed by atoms with Gasteiger partial charge in [-0.25, -0.2) is 0 Å². The molecule has 1 aromatic carbocycles. The number of carboxylic acids is 1. The highest BCUT2D eigenvalue weighted by atomic mass is 35.5. The van der Waals surface area contributed by atoms with E-state index in [1.54, 1.807) is 0 Å². The van der Waals surface area contributed by atoms with Crippen LogP contribution in [0.3, 0.4) is 0 Å². The number of carbonyl (C=O) groups is 2. The fraction of sp³-hybridized carbons (Fsp3) is 0.429. The summed E-state index contributed by atoms with van der Waals surface area (Å²) >= 11 is 5.93. The van der Waals surface area contributed by atoms with Crippen molar-refractivity contribution in [3.63, 3.8) is 0 Å². The molecule has 0 spiro atoms. The summed E-state index contributed by atoms with van der Waals surface area (Å²) in [5.41, 5.74) is 3.98. The van der Waals surface area contributed by atoms with Gasteiger partial charge < -0.3 is 9.67 Å². The monoisotopic (exact) mass is 388 g/mol. The molecule has 1 aliphatic heterocycles. The minimum Gasteiger partial charge on any atom is -0.481 e. The Morgan fingerprint density at radius 1 is 1.22 bits per heavy atom. The van der Waals surface area contributed by atoms with Gasteiger partial charge in [0.25, 0.3) is 0 Å². The van der Waals surface area contributed by atoms with Crippen LogP contribution in [0.2, 0.25) is 5.02 Å². The topological polar surface area (TPSA) is 62.5 Å². The standard InChI is InChI=1S/C21H25ClN2O3/c1-14-11-19(20(25)13-23-9-8-17(12-23)21(26)27)15(2)24(14)10-7-16-3-5-18(22)6-4-16/h3-6,11,17H,7-10,12-13H2,1-2H3,(H,26,27). The number of carbonyl (C=O) groups excluding carboxylic acids is 1. The van der Waals surface area contributed by atoms with E-state index in [1.807, 2.05) is 49.1 Å². The van der Waals surface area contributed by atoms with E-state index in [9.17, 15) is 9.59 Å². The van der Waals surface area contributed by atoms with E-state index in [-0.39, 0.29) is 18.2 Å². The van der Waals surface area contributed by atoms with E-state index in [2.05, 4.69) is 4.57 Å². The van der Waals surface area contributed by atoms with Gasteiger partial charge in [0.2, 0.25) is 0 Å². The van der Waals surface area contributed by atoms with Crippen LogP contribution in [0, 0.1) is 19.8 Å². The highest BCUT2D eigenvalue weighted by Gasteiger charge is 2.29. The van der Waals surface area contributed by atoms with Gasteiger partial charge >= 0.3 is 5.97 Å². The van der Waals surface area contributed by atoms with Crippen molar-refractivity contribution in [3.05, 3.63) is 57.9 Å². The maximum Gasteiger partial charge on any atom is 0.307 e. The number of likely N-dealkylation sites (tertiary alicyclic amines) is 1. The Morgan fingerprint density at radius 2 is 1.93 bits per heavy atom. The maximum atomic E-state index is 12.8. The molecule has 144 valence electrons. The van der Waals surface area contributed by atoms with Gasteiger partial charge in [-0.1, -0.05) is 23.7 Å². The number of carboxylic acid groups (broad SMARTS) is 1. The average Bonchev–Trinajstić information content (AvgIpc) is 3.20. The first kappa shape index (κ1) is 19.6. The number of hydrogen-bond donors (Lipinski definition) is 1. The molecule has 2 heterocycles. The number of aryl methyl sites for hydroxylation is 2. The van der Waals surface area contributed by atoms with E-state index in [4.69, 9.17) is 16.7 Å². The summed E-state index contributed by atoms with van der Waals surface area (Å²) in [6, 6.07) is 9.78. The number of hydrogen-bond acceptors (Lipinski definition) is 3. The lowest BCUT2D eigenvalue weighted by molar-refractivity contribution is -0.141. The molecule has 27 heavy (non-hydrogen) atoms. The van der Waals surface area contributed by atoms with Crippen LogP contribution in [0.4, 0.5) is 0 Å². The SMILES string of the molecule is Cc1cc(C(=O)CN2CCC(C(=O)O)C2)c(C)n1CCc1ccc(Cl)cc1. The molecule has 5 nitrogen and oxygen atoms in total. The minimum absolute atomic E-state index is 0.0619. The molecule has 1 N–H and O–H groups in total. The number of benzene rings is 1. The summed E-state index contributed by atoms with van der Waals surface area (Å²) in [7, 11) is 0. The first-order valence-electron chi connectivity index (χ1n) is 9.24.